The van der Waals surface area contributed by atoms with E-state index < -0.39 is 22.3 Å². The molecule has 90 valence electrons. The average molecular weight is 262 g/mol. The molecule has 0 atom stereocenters. The third-order valence-electron chi connectivity index (χ3n) is 0.793. The van der Waals surface area contributed by atoms with Crippen molar-refractivity contribution >= 4 is 22.3 Å². The molecule has 0 aromatic carbocycles. The molecule has 3 nitrogen and oxygen atoms in total. The molecule has 0 bridgehead atoms. The van der Waals surface area contributed by atoms with Crippen LogP contribution in [-0.2, 0) is 8.62 Å². The molecular weight excluding hydrogens is 237 g/mol. The van der Waals surface area contributed by atoms with Crippen molar-refractivity contribution < 1.29 is 13.5 Å². The van der Waals surface area contributed by atoms with E-state index in [1.807, 2.05) is 53.3 Å². The predicted octanol–water partition coefficient (Wildman–Crippen LogP) is 3.21. The Hall–Kier alpha value is 1.17. The van der Waals surface area contributed by atoms with Crippen LogP contribution in [0.25, 0.3) is 0 Å². The zero-order chi connectivity index (χ0) is 11.9. The summed E-state index contributed by atoms with van der Waals surface area (Å²) in [6.07, 6.45) is 0. The molecular formula is C8H25O3P3. The van der Waals surface area contributed by atoms with Gasteiger partial charge in [0.1, 0.15) is 0 Å². The van der Waals surface area contributed by atoms with Crippen molar-refractivity contribution in [1.29, 1.82) is 0 Å². The van der Waals surface area contributed by atoms with Crippen LogP contribution < -0.4 is 0 Å². The summed E-state index contributed by atoms with van der Waals surface area (Å²) in [4.78, 5) is 9.74. The van der Waals surface area contributed by atoms with Gasteiger partial charge in [-0.3, -0.25) is 0 Å². The van der Waals surface area contributed by atoms with Gasteiger partial charge in [-0.05, 0) is 0 Å². The standard InChI is InChI=1S/C8H25O3P3/c1-13(2,3,4)10-12(9)11-14(5,6,7)8/h9H,1-8H3. The van der Waals surface area contributed by atoms with Gasteiger partial charge in [-0.1, -0.05) is 0 Å². The number of hydrogen-bond donors (Lipinski definition) is 1. The molecule has 0 spiro atoms. The Morgan fingerprint density at radius 1 is 0.714 bits per heavy atom. The van der Waals surface area contributed by atoms with Crippen molar-refractivity contribution in [2.24, 2.45) is 0 Å². The van der Waals surface area contributed by atoms with Crippen LogP contribution in [0.3, 0.4) is 0 Å². The minimum atomic E-state index is -2.14. The van der Waals surface area contributed by atoms with Gasteiger partial charge in [-0.15, -0.1) is 0 Å². The van der Waals surface area contributed by atoms with E-state index in [1.54, 1.807) is 0 Å². The second kappa shape index (κ2) is 3.59. The van der Waals surface area contributed by atoms with Gasteiger partial charge in [0, 0.05) is 0 Å². The third kappa shape index (κ3) is 11.2. The summed E-state index contributed by atoms with van der Waals surface area (Å²) in [6, 6.07) is 0. The first-order valence-corrected chi connectivity index (χ1v) is 13.5. The van der Waals surface area contributed by atoms with E-state index in [2.05, 4.69) is 0 Å². The van der Waals surface area contributed by atoms with Crippen LogP contribution >= 0.6 is 22.3 Å². The Balaban J connectivity index is 4.36. The Morgan fingerprint density at radius 2 is 0.929 bits per heavy atom. The molecule has 1 N–H and O–H groups in total. The molecule has 0 amide bonds. The van der Waals surface area contributed by atoms with Gasteiger partial charge >= 0.3 is 89.1 Å². The SMILES string of the molecule is CP(C)(C)(C)OP(O)OP(C)(C)(C)C. The van der Waals surface area contributed by atoms with Gasteiger partial charge in [0.25, 0.3) is 0 Å². The van der Waals surface area contributed by atoms with E-state index in [9.17, 15) is 4.89 Å². The number of hydrogen-bond acceptors (Lipinski definition) is 3. The molecule has 0 fully saturated rings. The fourth-order valence-corrected chi connectivity index (χ4v) is 5.43. The maximum absolute atomic E-state index is 9.74. The van der Waals surface area contributed by atoms with E-state index in [0.717, 1.165) is 0 Å². The van der Waals surface area contributed by atoms with Crippen molar-refractivity contribution in [3.8, 4) is 0 Å². The summed E-state index contributed by atoms with van der Waals surface area (Å²) in [5.74, 6) is 0. The predicted molar refractivity (Wildman–Crippen MR) is 72.5 cm³/mol. The van der Waals surface area contributed by atoms with Gasteiger partial charge in [-0.25, -0.2) is 0 Å². The summed E-state index contributed by atoms with van der Waals surface area (Å²) in [6.45, 7) is 12.1. The number of rotatable bonds is 4. The summed E-state index contributed by atoms with van der Waals surface area (Å²) in [5, 5.41) is 0. The molecule has 0 aliphatic carbocycles. The molecule has 0 heterocycles. The molecule has 6 heteroatoms. The van der Waals surface area contributed by atoms with Gasteiger partial charge in [0.2, 0.25) is 0 Å². The zero-order valence-corrected chi connectivity index (χ0v) is 13.3. The van der Waals surface area contributed by atoms with E-state index in [4.69, 9.17) is 8.62 Å². The first-order chi connectivity index (χ1) is 5.60. The molecule has 0 aromatic heterocycles. The van der Waals surface area contributed by atoms with Crippen molar-refractivity contribution in [3.05, 3.63) is 0 Å². The summed E-state index contributed by atoms with van der Waals surface area (Å²) in [5.41, 5.74) is 0. The summed E-state index contributed by atoms with van der Waals surface area (Å²) in [7, 11) is -1.74. The maximum atomic E-state index is 9.74. The van der Waals surface area contributed by atoms with Crippen molar-refractivity contribution in [2.75, 3.05) is 53.3 Å². The van der Waals surface area contributed by atoms with Crippen LogP contribution in [0.1, 0.15) is 0 Å². The quantitative estimate of drug-likeness (QED) is 0.790. The molecule has 0 saturated carbocycles. The fraction of sp³-hybridized carbons (Fsp3) is 1.00. The van der Waals surface area contributed by atoms with Gasteiger partial charge in [-0.2, -0.15) is 0 Å². The Morgan fingerprint density at radius 3 is 1.07 bits per heavy atom. The van der Waals surface area contributed by atoms with E-state index >= 15 is 0 Å². The molecule has 0 saturated heterocycles. The molecule has 0 aromatic rings. The molecule has 0 aliphatic rings. The topological polar surface area (TPSA) is 38.7 Å². The van der Waals surface area contributed by atoms with Crippen LogP contribution in [0, 0.1) is 0 Å². The van der Waals surface area contributed by atoms with Crippen LogP contribution in [-0.4, -0.2) is 58.2 Å². The summed E-state index contributed by atoms with van der Waals surface area (Å²) >= 11 is 0. The second-order valence-corrected chi connectivity index (χ2v) is 22.7. The monoisotopic (exact) mass is 262 g/mol. The van der Waals surface area contributed by atoms with Gasteiger partial charge < -0.3 is 0 Å². The zero-order valence-electron chi connectivity index (χ0n) is 10.6. The Labute approximate surface area is 89.6 Å². The average Bonchev–Trinajstić information content (AvgIpc) is 1.41. The van der Waals surface area contributed by atoms with Gasteiger partial charge in [0.15, 0.2) is 0 Å². The normalized spacial score (nSPS) is 21.8. The molecule has 0 unspecified atom stereocenters. The second-order valence-electron chi connectivity index (χ2n) is 7.23. The molecule has 14 heavy (non-hydrogen) atoms. The van der Waals surface area contributed by atoms with Crippen molar-refractivity contribution in [2.45, 2.75) is 0 Å². The van der Waals surface area contributed by atoms with Crippen LogP contribution in [0.15, 0.2) is 0 Å². The van der Waals surface area contributed by atoms with Crippen LogP contribution in [0.5, 0.6) is 0 Å². The Bertz CT molecular complexity index is 181. The van der Waals surface area contributed by atoms with Crippen LogP contribution in [0.4, 0.5) is 0 Å². The Kier molecular flexibility index (Phi) is 3.89. The summed E-state index contributed by atoms with van der Waals surface area (Å²) < 4.78 is 11.3. The van der Waals surface area contributed by atoms with Crippen molar-refractivity contribution in [1.82, 2.24) is 0 Å². The molecule has 0 rings (SSSR count). The first-order valence-electron chi connectivity index (χ1n) is 4.51. The van der Waals surface area contributed by atoms with E-state index in [-0.39, 0.29) is 0 Å². The van der Waals surface area contributed by atoms with Crippen molar-refractivity contribution in [3.63, 3.8) is 0 Å². The van der Waals surface area contributed by atoms with Crippen LogP contribution in [0.2, 0.25) is 0 Å². The third-order valence-corrected chi connectivity index (χ3v) is 7.14. The molecule has 0 radical (unpaired) electrons. The molecule has 0 aliphatic heterocycles. The fourth-order valence-electron chi connectivity index (χ4n) is 0.574. The van der Waals surface area contributed by atoms with E-state index in [0.29, 0.717) is 0 Å². The van der Waals surface area contributed by atoms with E-state index in [1.165, 1.54) is 0 Å². The minimum absolute atomic E-state index is 1.74. The van der Waals surface area contributed by atoms with Gasteiger partial charge in [0.05, 0.1) is 0 Å². The first kappa shape index (κ1) is 15.2.